The maximum Gasteiger partial charge on any atom is 0.336 e. The van der Waals surface area contributed by atoms with E-state index in [1.165, 1.54) is 6.42 Å². The third-order valence-electron chi connectivity index (χ3n) is 7.16. The summed E-state index contributed by atoms with van der Waals surface area (Å²) in [4.78, 5) is 40.6. The summed E-state index contributed by atoms with van der Waals surface area (Å²) in [5.41, 5.74) is 3.17. The molecule has 0 bridgehead atoms. The zero-order valence-electron chi connectivity index (χ0n) is 21.2. The quantitative estimate of drug-likeness (QED) is 0.410. The van der Waals surface area contributed by atoms with Gasteiger partial charge in [0.1, 0.15) is 0 Å². The van der Waals surface area contributed by atoms with Gasteiger partial charge in [0.2, 0.25) is 5.91 Å². The fourth-order valence-corrected chi connectivity index (χ4v) is 5.46. The third kappa shape index (κ3) is 6.36. The smallest absolute Gasteiger partial charge is 0.336 e. The van der Waals surface area contributed by atoms with Crippen LogP contribution in [0.25, 0.3) is 0 Å². The summed E-state index contributed by atoms with van der Waals surface area (Å²) in [6, 6.07) is 12.7. The Bertz CT molecular complexity index is 1200. The molecule has 2 aromatic carbocycles. The Balaban J connectivity index is 1.55. The number of allylic oxidation sites excluding steroid dienone is 1. The number of ether oxygens (including phenoxy) is 1. The predicted molar refractivity (Wildman–Crippen MR) is 144 cm³/mol. The zero-order chi connectivity index (χ0) is 26.5. The molecule has 1 heterocycles. The van der Waals surface area contributed by atoms with Crippen molar-refractivity contribution in [2.24, 2.45) is 0 Å². The Kier molecular flexibility index (Phi) is 8.93. The number of benzene rings is 2. The van der Waals surface area contributed by atoms with Gasteiger partial charge in [-0.15, -0.1) is 0 Å². The van der Waals surface area contributed by atoms with Crippen LogP contribution in [0, 0.1) is 0 Å². The van der Waals surface area contributed by atoms with Crippen LogP contribution in [0.3, 0.4) is 0 Å². The number of hydrogen-bond donors (Lipinski definition) is 1. The van der Waals surface area contributed by atoms with E-state index >= 15 is 0 Å². The van der Waals surface area contributed by atoms with Gasteiger partial charge in [-0.25, -0.2) is 4.79 Å². The largest absolute Gasteiger partial charge is 0.463 e. The molecule has 37 heavy (non-hydrogen) atoms. The predicted octanol–water partition coefficient (Wildman–Crippen LogP) is 6.41. The number of halogens is 2. The molecule has 1 N–H and O–H groups in total. The molecule has 8 heteroatoms. The lowest BCUT2D eigenvalue weighted by molar-refractivity contribution is -0.140. The first-order valence-corrected chi connectivity index (χ1v) is 13.6. The van der Waals surface area contributed by atoms with Crippen molar-refractivity contribution in [2.75, 3.05) is 6.61 Å². The second-order valence-corrected chi connectivity index (χ2v) is 10.4. The van der Waals surface area contributed by atoms with Crippen LogP contribution in [0.5, 0.6) is 0 Å². The van der Waals surface area contributed by atoms with Crippen LogP contribution < -0.4 is 5.32 Å². The normalized spacial score (nSPS) is 18.6. The summed E-state index contributed by atoms with van der Waals surface area (Å²) in [7, 11) is 0. The van der Waals surface area contributed by atoms with Crippen LogP contribution in [-0.2, 0) is 20.9 Å². The fraction of sp³-hybridized carbons (Fsp3) is 0.414. The SMILES string of the molecule is CCOC(=O)C1=C(C)N(Cc2ccc(C(=O)NC3CCCCC3)cc2)C(=O)CC1c1ccc(Cl)c(Cl)c1. The average Bonchev–Trinajstić information content (AvgIpc) is 2.89. The lowest BCUT2D eigenvalue weighted by atomic mass is 9.83. The Labute approximate surface area is 228 Å². The van der Waals surface area contributed by atoms with Crippen molar-refractivity contribution >= 4 is 41.0 Å². The van der Waals surface area contributed by atoms with Crippen molar-refractivity contribution in [2.45, 2.75) is 70.9 Å². The van der Waals surface area contributed by atoms with Crippen molar-refractivity contribution < 1.29 is 19.1 Å². The molecule has 2 aliphatic rings. The van der Waals surface area contributed by atoms with Crippen LogP contribution in [-0.4, -0.2) is 35.3 Å². The molecule has 1 aliphatic carbocycles. The van der Waals surface area contributed by atoms with Gasteiger partial charge in [-0.3, -0.25) is 9.59 Å². The number of hydrogen-bond acceptors (Lipinski definition) is 4. The highest BCUT2D eigenvalue weighted by Gasteiger charge is 2.37. The lowest BCUT2D eigenvalue weighted by Gasteiger charge is -2.34. The molecule has 1 saturated carbocycles. The first kappa shape index (κ1) is 27.2. The molecule has 4 rings (SSSR count). The molecule has 1 fully saturated rings. The number of nitrogens with zero attached hydrogens (tertiary/aromatic N) is 1. The van der Waals surface area contributed by atoms with Crippen LogP contribution in [0.2, 0.25) is 10.0 Å². The fourth-order valence-electron chi connectivity index (χ4n) is 5.15. The van der Waals surface area contributed by atoms with E-state index in [1.807, 2.05) is 12.1 Å². The van der Waals surface area contributed by atoms with E-state index in [4.69, 9.17) is 27.9 Å². The topological polar surface area (TPSA) is 75.7 Å². The van der Waals surface area contributed by atoms with Crippen molar-refractivity contribution in [3.8, 4) is 0 Å². The number of amides is 2. The molecule has 2 aromatic rings. The highest BCUT2D eigenvalue weighted by atomic mass is 35.5. The zero-order valence-corrected chi connectivity index (χ0v) is 22.7. The minimum atomic E-state index is -0.483. The summed E-state index contributed by atoms with van der Waals surface area (Å²) in [5, 5.41) is 3.90. The lowest BCUT2D eigenvalue weighted by Crippen LogP contribution is -2.38. The van der Waals surface area contributed by atoms with Crippen LogP contribution in [0.4, 0.5) is 0 Å². The van der Waals surface area contributed by atoms with Gasteiger partial charge >= 0.3 is 5.97 Å². The average molecular weight is 543 g/mol. The van der Waals surface area contributed by atoms with Crippen molar-refractivity contribution in [1.29, 1.82) is 0 Å². The van der Waals surface area contributed by atoms with Gasteiger partial charge in [-0.1, -0.05) is 60.7 Å². The van der Waals surface area contributed by atoms with E-state index in [0.29, 0.717) is 26.9 Å². The maximum absolute atomic E-state index is 13.3. The summed E-state index contributed by atoms with van der Waals surface area (Å²) in [6.45, 7) is 4.02. The van der Waals surface area contributed by atoms with E-state index in [9.17, 15) is 14.4 Å². The van der Waals surface area contributed by atoms with Gasteiger partial charge in [0.05, 0.1) is 28.8 Å². The molecular weight excluding hydrogens is 511 g/mol. The van der Waals surface area contributed by atoms with Crippen LogP contribution in [0.1, 0.15) is 79.8 Å². The molecule has 1 aliphatic heterocycles. The van der Waals surface area contributed by atoms with E-state index in [-0.39, 0.29) is 37.4 Å². The van der Waals surface area contributed by atoms with E-state index < -0.39 is 11.9 Å². The number of rotatable bonds is 7. The molecule has 0 aromatic heterocycles. The van der Waals surface area contributed by atoms with E-state index in [0.717, 1.165) is 36.8 Å². The number of nitrogens with one attached hydrogen (secondary N) is 1. The minimum absolute atomic E-state index is 0.0716. The molecule has 1 atom stereocenters. The molecule has 6 nitrogen and oxygen atoms in total. The summed E-state index contributed by atoms with van der Waals surface area (Å²) < 4.78 is 5.36. The van der Waals surface area contributed by atoms with E-state index in [1.54, 1.807) is 49.1 Å². The molecule has 0 saturated heterocycles. The summed E-state index contributed by atoms with van der Waals surface area (Å²) in [5.74, 6) is -1.12. The van der Waals surface area contributed by atoms with Crippen molar-refractivity contribution in [3.05, 3.63) is 80.5 Å². The Morgan fingerprint density at radius 1 is 1.03 bits per heavy atom. The van der Waals surface area contributed by atoms with Gasteiger partial charge in [-0.05, 0) is 62.1 Å². The van der Waals surface area contributed by atoms with Gasteiger partial charge in [0.25, 0.3) is 5.91 Å². The number of esters is 1. The molecule has 0 spiro atoms. The van der Waals surface area contributed by atoms with Gasteiger partial charge in [0.15, 0.2) is 0 Å². The minimum Gasteiger partial charge on any atom is -0.463 e. The van der Waals surface area contributed by atoms with Crippen molar-refractivity contribution in [1.82, 2.24) is 10.2 Å². The molecule has 1 unspecified atom stereocenters. The Hall–Kier alpha value is -2.83. The standard InChI is InChI=1S/C29H32Cl2N2O4/c1-3-37-29(36)27-18(2)33(26(34)16-23(27)21-13-14-24(30)25(31)15-21)17-19-9-11-20(12-10-19)28(35)32-22-7-5-4-6-8-22/h9-15,22-23H,3-8,16-17H2,1-2H3,(H,32,35). The molecule has 196 valence electrons. The highest BCUT2D eigenvalue weighted by Crippen LogP contribution is 2.39. The first-order chi connectivity index (χ1) is 17.8. The van der Waals surface area contributed by atoms with Crippen LogP contribution >= 0.6 is 23.2 Å². The third-order valence-corrected chi connectivity index (χ3v) is 7.90. The molecule has 2 amide bonds. The summed E-state index contributed by atoms with van der Waals surface area (Å²) in [6.07, 6.45) is 5.69. The van der Waals surface area contributed by atoms with E-state index in [2.05, 4.69) is 5.32 Å². The number of carbonyl (C=O) groups excluding carboxylic acids is 3. The van der Waals surface area contributed by atoms with Gasteiger partial charge in [0, 0.05) is 29.6 Å². The monoisotopic (exact) mass is 542 g/mol. The Morgan fingerprint density at radius 3 is 2.38 bits per heavy atom. The van der Waals surface area contributed by atoms with Crippen LogP contribution in [0.15, 0.2) is 53.7 Å². The van der Waals surface area contributed by atoms with Gasteiger partial charge < -0.3 is 15.0 Å². The second kappa shape index (κ2) is 12.1. The van der Waals surface area contributed by atoms with Gasteiger partial charge in [-0.2, -0.15) is 0 Å². The maximum atomic E-state index is 13.3. The molecular formula is C29H32Cl2N2O4. The Morgan fingerprint density at radius 2 is 1.73 bits per heavy atom. The summed E-state index contributed by atoms with van der Waals surface area (Å²) >= 11 is 12.3. The number of carbonyl (C=O) groups is 3. The molecule has 0 radical (unpaired) electrons. The van der Waals surface area contributed by atoms with Crippen molar-refractivity contribution in [3.63, 3.8) is 0 Å². The highest BCUT2D eigenvalue weighted by molar-refractivity contribution is 6.42. The first-order valence-electron chi connectivity index (χ1n) is 12.8. The second-order valence-electron chi connectivity index (χ2n) is 9.64.